The zero-order chi connectivity index (χ0) is 20.0. The first-order valence-corrected chi connectivity index (χ1v) is 7.41. The SMILES string of the molecule is CC(CC(=O)Nc1ccccc1C(F)(F)F)NCC(=O)NCC(F)(F)F. The van der Waals surface area contributed by atoms with Gasteiger partial charge in [-0.05, 0) is 19.1 Å². The molecule has 2 amide bonds. The van der Waals surface area contributed by atoms with E-state index in [2.05, 4.69) is 10.6 Å². The second-order valence-corrected chi connectivity index (χ2v) is 5.47. The van der Waals surface area contributed by atoms with Crippen LogP contribution >= 0.6 is 0 Å². The summed E-state index contributed by atoms with van der Waals surface area (Å²) in [7, 11) is 0. The van der Waals surface area contributed by atoms with Crippen molar-refractivity contribution < 1.29 is 35.9 Å². The molecule has 0 spiro atoms. The van der Waals surface area contributed by atoms with Gasteiger partial charge in [-0.3, -0.25) is 9.59 Å². The molecule has 0 heterocycles. The van der Waals surface area contributed by atoms with Crippen molar-refractivity contribution in [3.63, 3.8) is 0 Å². The monoisotopic (exact) mass is 385 g/mol. The fourth-order valence-electron chi connectivity index (χ4n) is 1.92. The van der Waals surface area contributed by atoms with Crippen LogP contribution in [0.1, 0.15) is 18.9 Å². The number of nitrogens with one attached hydrogen (secondary N) is 3. The van der Waals surface area contributed by atoms with Crippen LogP contribution in [0.3, 0.4) is 0 Å². The van der Waals surface area contributed by atoms with Gasteiger partial charge >= 0.3 is 12.4 Å². The lowest BCUT2D eigenvalue weighted by molar-refractivity contribution is -0.137. The first-order chi connectivity index (χ1) is 11.9. The summed E-state index contributed by atoms with van der Waals surface area (Å²) in [6.45, 7) is -0.480. The molecule has 11 heteroatoms. The first-order valence-electron chi connectivity index (χ1n) is 7.41. The van der Waals surface area contributed by atoms with Crippen LogP contribution < -0.4 is 16.0 Å². The Balaban J connectivity index is 2.48. The van der Waals surface area contributed by atoms with Crippen molar-refractivity contribution in [2.75, 3.05) is 18.4 Å². The molecular formula is C15H17F6N3O2. The third-order valence-corrected chi connectivity index (χ3v) is 3.10. The standard InChI is InChI=1S/C15H17F6N3O2/c1-9(22-7-13(26)23-8-14(16,17)18)6-12(25)24-11-5-3-2-4-10(11)15(19,20)21/h2-5,9,22H,6-8H2,1H3,(H,23,26)(H,24,25). The molecule has 1 unspecified atom stereocenters. The fraction of sp³-hybridized carbons (Fsp3) is 0.467. The number of rotatable bonds is 7. The molecule has 0 aromatic heterocycles. The number of hydrogen-bond donors (Lipinski definition) is 3. The molecule has 0 aliphatic heterocycles. The highest BCUT2D eigenvalue weighted by Crippen LogP contribution is 2.34. The van der Waals surface area contributed by atoms with E-state index in [9.17, 15) is 35.9 Å². The third kappa shape index (κ3) is 8.19. The van der Waals surface area contributed by atoms with Gasteiger partial charge in [0.2, 0.25) is 11.8 Å². The summed E-state index contributed by atoms with van der Waals surface area (Å²) < 4.78 is 74.3. The van der Waals surface area contributed by atoms with Crippen molar-refractivity contribution in [3.8, 4) is 0 Å². The summed E-state index contributed by atoms with van der Waals surface area (Å²) in [5.41, 5.74) is -1.40. The van der Waals surface area contributed by atoms with Gasteiger partial charge in [0.05, 0.1) is 17.8 Å². The Labute approximate surface area is 145 Å². The molecule has 0 saturated heterocycles. The van der Waals surface area contributed by atoms with E-state index in [0.717, 1.165) is 12.1 Å². The Morgan fingerprint density at radius 2 is 1.65 bits per heavy atom. The van der Waals surface area contributed by atoms with Crippen molar-refractivity contribution in [2.45, 2.75) is 31.7 Å². The summed E-state index contributed by atoms with van der Waals surface area (Å²) in [6, 6.07) is 3.79. The molecule has 146 valence electrons. The summed E-state index contributed by atoms with van der Waals surface area (Å²) in [6.07, 6.45) is -9.45. The van der Waals surface area contributed by atoms with Gasteiger partial charge in [0.1, 0.15) is 6.54 Å². The highest BCUT2D eigenvalue weighted by molar-refractivity contribution is 5.92. The van der Waals surface area contributed by atoms with Crippen molar-refractivity contribution in [1.29, 1.82) is 0 Å². The predicted octanol–water partition coefficient (Wildman–Crippen LogP) is 2.69. The highest BCUT2D eigenvalue weighted by Gasteiger charge is 2.33. The van der Waals surface area contributed by atoms with Gasteiger partial charge in [-0.15, -0.1) is 0 Å². The molecule has 1 rings (SSSR count). The van der Waals surface area contributed by atoms with Crippen molar-refractivity contribution in [1.82, 2.24) is 10.6 Å². The number of alkyl halides is 6. The minimum absolute atomic E-state index is 0.279. The zero-order valence-electron chi connectivity index (χ0n) is 13.6. The molecule has 0 fully saturated rings. The Bertz CT molecular complexity index is 631. The van der Waals surface area contributed by atoms with Crippen LogP contribution in [0, 0.1) is 0 Å². The quantitative estimate of drug-likeness (QED) is 0.632. The molecule has 5 nitrogen and oxygen atoms in total. The normalized spacial score (nSPS) is 13.2. The van der Waals surface area contributed by atoms with E-state index >= 15 is 0 Å². The summed E-state index contributed by atoms with van der Waals surface area (Å²) in [4.78, 5) is 23.1. The number of halogens is 6. The van der Waals surface area contributed by atoms with E-state index in [-0.39, 0.29) is 6.42 Å². The van der Waals surface area contributed by atoms with Crippen LogP contribution in [0.25, 0.3) is 0 Å². The zero-order valence-corrected chi connectivity index (χ0v) is 13.6. The van der Waals surface area contributed by atoms with Gasteiger partial charge in [0.25, 0.3) is 0 Å². The summed E-state index contributed by atoms with van der Waals surface area (Å²) in [5, 5.41) is 6.29. The van der Waals surface area contributed by atoms with E-state index in [1.165, 1.54) is 19.1 Å². The van der Waals surface area contributed by atoms with Crippen LogP contribution in [0.15, 0.2) is 24.3 Å². The van der Waals surface area contributed by atoms with Crippen LogP contribution in [0.5, 0.6) is 0 Å². The van der Waals surface area contributed by atoms with Crippen LogP contribution in [0.4, 0.5) is 32.0 Å². The maximum atomic E-state index is 12.8. The van der Waals surface area contributed by atoms with E-state index in [0.29, 0.717) is 0 Å². The Hall–Kier alpha value is -2.30. The number of para-hydroxylation sites is 1. The molecule has 0 bridgehead atoms. The van der Waals surface area contributed by atoms with Gasteiger partial charge in [-0.25, -0.2) is 0 Å². The van der Waals surface area contributed by atoms with Crippen LogP contribution in [-0.4, -0.2) is 37.1 Å². The maximum absolute atomic E-state index is 12.8. The average Bonchev–Trinajstić information content (AvgIpc) is 2.49. The van der Waals surface area contributed by atoms with Gasteiger partial charge in [0, 0.05) is 12.5 Å². The molecule has 1 atom stereocenters. The maximum Gasteiger partial charge on any atom is 0.418 e. The average molecular weight is 385 g/mol. The van der Waals surface area contributed by atoms with Crippen LogP contribution in [0.2, 0.25) is 0 Å². The number of anilines is 1. The number of amides is 2. The molecular weight excluding hydrogens is 368 g/mol. The molecule has 26 heavy (non-hydrogen) atoms. The van der Waals surface area contributed by atoms with Crippen molar-refractivity contribution in [3.05, 3.63) is 29.8 Å². The number of carbonyl (C=O) groups excluding carboxylic acids is 2. The highest BCUT2D eigenvalue weighted by atomic mass is 19.4. The van der Waals surface area contributed by atoms with Gasteiger partial charge in [-0.1, -0.05) is 12.1 Å². The lowest BCUT2D eigenvalue weighted by Gasteiger charge is -2.16. The predicted molar refractivity (Wildman–Crippen MR) is 81.2 cm³/mol. The third-order valence-electron chi connectivity index (χ3n) is 3.10. The van der Waals surface area contributed by atoms with E-state index in [1.807, 2.05) is 0 Å². The largest absolute Gasteiger partial charge is 0.418 e. The van der Waals surface area contributed by atoms with Gasteiger partial charge in [0.15, 0.2) is 0 Å². The minimum atomic E-state index is -4.63. The van der Waals surface area contributed by atoms with Gasteiger partial charge in [-0.2, -0.15) is 26.3 Å². The van der Waals surface area contributed by atoms with Gasteiger partial charge < -0.3 is 16.0 Å². The number of carbonyl (C=O) groups is 2. The molecule has 1 aromatic rings. The topological polar surface area (TPSA) is 70.2 Å². The second-order valence-electron chi connectivity index (χ2n) is 5.47. The van der Waals surface area contributed by atoms with E-state index in [4.69, 9.17) is 0 Å². The van der Waals surface area contributed by atoms with Crippen molar-refractivity contribution >= 4 is 17.5 Å². The molecule has 0 saturated carbocycles. The summed E-state index contributed by atoms with van der Waals surface area (Å²) >= 11 is 0. The Morgan fingerprint density at radius 1 is 1.04 bits per heavy atom. The molecule has 1 aromatic carbocycles. The molecule has 0 aliphatic carbocycles. The molecule has 0 radical (unpaired) electrons. The minimum Gasteiger partial charge on any atom is -0.346 e. The Kier molecular flexibility index (Phi) is 7.42. The smallest absolute Gasteiger partial charge is 0.346 e. The van der Waals surface area contributed by atoms with E-state index in [1.54, 1.807) is 5.32 Å². The summed E-state index contributed by atoms with van der Waals surface area (Å²) in [5.74, 6) is -1.66. The number of benzene rings is 1. The van der Waals surface area contributed by atoms with Crippen LogP contribution in [-0.2, 0) is 15.8 Å². The molecule has 0 aliphatic rings. The number of hydrogen-bond acceptors (Lipinski definition) is 3. The fourth-order valence-corrected chi connectivity index (χ4v) is 1.92. The molecule has 3 N–H and O–H groups in total. The van der Waals surface area contributed by atoms with Crippen molar-refractivity contribution in [2.24, 2.45) is 0 Å². The Morgan fingerprint density at radius 3 is 2.23 bits per heavy atom. The first kappa shape index (κ1) is 21.7. The van der Waals surface area contributed by atoms with E-state index < -0.39 is 54.5 Å². The lowest BCUT2D eigenvalue weighted by Crippen LogP contribution is -2.42. The lowest BCUT2D eigenvalue weighted by atomic mass is 10.1. The second kappa shape index (κ2) is 8.88.